The molecule has 4 aliphatic carbocycles. The van der Waals surface area contributed by atoms with Crippen molar-refractivity contribution < 1.29 is 29.0 Å². The van der Waals surface area contributed by atoms with Crippen LogP contribution in [0.1, 0.15) is 80.9 Å². The third kappa shape index (κ3) is 4.53. The van der Waals surface area contributed by atoms with Gasteiger partial charge >= 0.3 is 5.97 Å². The van der Waals surface area contributed by atoms with Crippen molar-refractivity contribution in [3.05, 3.63) is 52.9 Å². The van der Waals surface area contributed by atoms with E-state index in [0.29, 0.717) is 24.8 Å². The van der Waals surface area contributed by atoms with E-state index in [2.05, 4.69) is 30.9 Å². The molecule has 44 heavy (non-hydrogen) atoms. The second kappa shape index (κ2) is 10.9. The Morgan fingerprint density at radius 2 is 2.00 bits per heavy atom. The number of aromatic nitrogens is 2. The number of primary amides is 1. The fourth-order valence-corrected chi connectivity index (χ4v) is 9.67. The minimum absolute atomic E-state index is 0.0259. The Morgan fingerprint density at radius 1 is 1.23 bits per heavy atom. The van der Waals surface area contributed by atoms with Gasteiger partial charge in [0, 0.05) is 17.4 Å². The molecule has 11 heteroatoms. The summed E-state index contributed by atoms with van der Waals surface area (Å²) in [6.07, 6.45) is 7.49. The molecule has 0 saturated heterocycles. The number of rotatable bonds is 7. The van der Waals surface area contributed by atoms with Gasteiger partial charge in [-0.1, -0.05) is 32.4 Å². The Kier molecular flexibility index (Phi) is 7.56. The Bertz CT molecular complexity index is 1590. The first-order chi connectivity index (χ1) is 20.8. The first-order valence-corrected chi connectivity index (χ1v) is 15.9. The zero-order chi connectivity index (χ0) is 31.6. The molecule has 7 atom stereocenters. The van der Waals surface area contributed by atoms with E-state index in [-0.39, 0.29) is 36.1 Å². The molecule has 1 heterocycles. The molecule has 3 fully saturated rings. The van der Waals surface area contributed by atoms with Gasteiger partial charge in [-0.2, -0.15) is 5.10 Å². The van der Waals surface area contributed by atoms with Gasteiger partial charge in [-0.15, -0.1) is 12.6 Å². The van der Waals surface area contributed by atoms with Gasteiger partial charge < -0.3 is 20.9 Å². The molecule has 2 amide bonds. The lowest BCUT2D eigenvalue weighted by Crippen LogP contribution is -2.62. The number of ether oxygens (including phenoxy) is 1. The maximum Gasteiger partial charge on any atom is 0.306 e. The number of hydrogen-bond donors (Lipinski definition) is 4. The largest absolute Gasteiger partial charge is 0.449 e. The van der Waals surface area contributed by atoms with Crippen molar-refractivity contribution in [2.75, 3.05) is 6.54 Å². The van der Waals surface area contributed by atoms with Gasteiger partial charge in [0.05, 0.1) is 30.2 Å². The van der Waals surface area contributed by atoms with Crippen molar-refractivity contribution in [2.24, 2.45) is 34.3 Å². The molecule has 1 aromatic carbocycles. The molecular formula is C33H40N4O6S. The lowest BCUT2D eigenvalue weighted by molar-refractivity contribution is -0.196. The molecule has 4 N–H and O–H groups in total. The Hall–Kier alpha value is -3.44. The van der Waals surface area contributed by atoms with Gasteiger partial charge in [0.25, 0.3) is 5.91 Å². The fourth-order valence-electron chi connectivity index (χ4n) is 9.26. The summed E-state index contributed by atoms with van der Waals surface area (Å²) in [5.41, 5.74) is 7.22. The van der Waals surface area contributed by atoms with Crippen molar-refractivity contribution >= 4 is 41.6 Å². The number of aliphatic hydroxyl groups is 1. The maximum absolute atomic E-state index is 13.1. The summed E-state index contributed by atoms with van der Waals surface area (Å²) in [6, 6.07) is 7.07. The number of aliphatic hydroxyl groups excluding tert-OH is 1. The van der Waals surface area contributed by atoms with E-state index < -0.39 is 40.0 Å². The molecule has 6 rings (SSSR count). The predicted octanol–water partition coefficient (Wildman–Crippen LogP) is 3.39. The van der Waals surface area contributed by atoms with Crippen LogP contribution in [0, 0.1) is 28.6 Å². The summed E-state index contributed by atoms with van der Waals surface area (Å²) in [6.45, 7) is 5.73. The number of nitrogens with zero attached hydrogens (tertiary/aromatic N) is 2. The monoisotopic (exact) mass is 620 g/mol. The molecule has 4 aliphatic rings. The highest BCUT2D eigenvalue weighted by atomic mass is 32.1. The van der Waals surface area contributed by atoms with E-state index in [1.165, 1.54) is 5.57 Å². The molecule has 1 aromatic heterocycles. The predicted molar refractivity (Wildman–Crippen MR) is 166 cm³/mol. The minimum atomic E-state index is -1.33. The number of carbonyl (C=O) groups excluding carboxylic acids is 4. The molecule has 0 unspecified atom stereocenters. The van der Waals surface area contributed by atoms with E-state index in [0.717, 1.165) is 36.2 Å². The van der Waals surface area contributed by atoms with Crippen LogP contribution < -0.4 is 11.1 Å². The van der Waals surface area contributed by atoms with Crippen LogP contribution in [0.2, 0.25) is 0 Å². The van der Waals surface area contributed by atoms with Crippen molar-refractivity contribution in [3.63, 3.8) is 0 Å². The number of esters is 1. The van der Waals surface area contributed by atoms with Crippen LogP contribution in [0.3, 0.4) is 0 Å². The second-order valence-electron chi connectivity index (χ2n) is 13.5. The van der Waals surface area contributed by atoms with Gasteiger partial charge in [0.1, 0.15) is 0 Å². The molecule has 0 aliphatic heterocycles. The van der Waals surface area contributed by atoms with Gasteiger partial charge in [-0.25, -0.2) is 4.68 Å². The third-order valence-corrected chi connectivity index (χ3v) is 11.6. The van der Waals surface area contributed by atoms with Crippen LogP contribution in [0.4, 0.5) is 0 Å². The smallest absolute Gasteiger partial charge is 0.306 e. The molecule has 234 valence electrons. The molecule has 0 spiro atoms. The molecule has 10 nitrogen and oxygen atoms in total. The SMILES string of the molecule is CCC(=O)O[C@]1(C(=O)S)CC[C@H]2[C@@H]3CCC4=Cc5c(cnn5-c5cccc(C(=O)NCC(N)=O)c5)C[C@]4(C)[C@H]3[C@@H](O)C[C@@]21C. The molecule has 2 aromatic rings. The minimum Gasteiger partial charge on any atom is -0.449 e. The first-order valence-electron chi connectivity index (χ1n) is 15.4. The number of amides is 2. The van der Waals surface area contributed by atoms with Crippen molar-refractivity contribution in [2.45, 2.75) is 77.4 Å². The van der Waals surface area contributed by atoms with Gasteiger partial charge in [0.2, 0.25) is 11.0 Å². The van der Waals surface area contributed by atoms with E-state index in [1.807, 2.05) is 23.9 Å². The number of nitrogens with one attached hydrogen (secondary N) is 1. The molecule has 3 saturated carbocycles. The lowest BCUT2D eigenvalue weighted by Gasteiger charge is -2.60. The number of thiol groups is 1. The molecule has 0 radical (unpaired) electrons. The van der Waals surface area contributed by atoms with Crippen molar-refractivity contribution in [3.8, 4) is 5.69 Å². The average Bonchev–Trinajstić information content (AvgIpc) is 3.51. The zero-order valence-corrected chi connectivity index (χ0v) is 26.2. The van der Waals surface area contributed by atoms with Gasteiger partial charge in [-0.3, -0.25) is 19.2 Å². The highest BCUT2D eigenvalue weighted by Crippen LogP contribution is 2.68. The highest BCUT2D eigenvalue weighted by molar-refractivity contribution is 7.96. The Morgan fingerprint density at radius 3 is 2.70 bits per heavy atom. The van der Waals surface area contributed by atoms with Crippen LogP contribution in [-0.2, 0) is 25.5 Å². The van der Waals surface area contributed by atoms with Crippen LogP contribution in [0.5, 0.6) is 0 Å². The Balaban J connectivity index is 1.31. The quantitative estimate of drug-likeness (QED) is 0.273. The molecule has 0 bridgehead atoms. The van der Waals surface area contributed by atoms with Crippen LogP contribution in [0.25, 0.3) is 11.8 Å². The van der Waals surface area contributed by atoms with Gasteiger partial charge in [-0.05, 0) is 91.5 Å². The van der Waals surface area contributed by atoms with Crippen LogP contribution in [-0.4, -0.2) is 56.0 Å². The summed E-state index contributed by atoms with van der Waals surface area (Å²) in [5, 5.41) is 18.7. The third-order valence-electron chi connectivity index (χ3n) is 11.2. The highest BCUT2D eigenvalue weighted by Gasteiger charge is 2.70. The summed E-state index contributed by atoms with van der Waals surface area (Å²) in [7, 11) is 0. The zero-order valence-electron chi connectivity index (χ0n) is 25.3. The number of fused-ring (bicyclic) bond motifs is 6. The number of nitrogens with two attached hydrogens (primary N) is 1. The van der Waals surface area contributed by atoms with E-state index in [1.54, 1.807) is 25.1 Å². The summed E-state index contributed by atoms with van der Waals surface area (Å²) in [5.74, 6) is -1.18. The maximum atomic E-state index is 13.1. The van der Waals surface area contributed by atoms with Gasteiger partial charge in [0.15, 0.2) is 5.60 Å². The summed E-state index contributed by atoms with van der Waals surface area (Å²) in [4.78, 5) is 49.2. The van der Waals surface area contributed by atoms with Crippen molar-refractivity contribution in [1.82, 2.24) is 15.1 Å². The second-order valence-corrected chi connectivity index (χ2v) is 13.9. The normalized spacial score (nSPS) is 33.6. The van der Waals surface area contributed by atoms with Crippen LogP contribution in [0.15, 0.2) is 36.0 Å². The van der Waals surface area contributed by atoms with Crippen LogP contribution >= 0.6 is 12.6 Å². The number of benzene rings is 1. The van der Waals surface area contributed by atoms with E-state index >= 15 is 0 Å². The number of hydrogen-bond acceptors (Lipinski definition) is 7. The van der Waals surface area contributed by atoms with E-state index in [9.17, 15) is 24.3 Å². The lowest BCUT2D eigenvalue weighted by atomic mass is 9.45. The fraction of sp³-hybridized carbons (Fsp3) is 0.545. The van der Waals surface area contributed by atoms with Crippen molar-refractivity contribution in [1.29, 1.82) is 0 Å². The van der Waals surface area contributed by atoms with E-state index in [4.69, 9.17) is 15.6 Å². The molecular weight excluding hydrogens is 580 g/mol. The number of carbonyl (C=O) groups is 4. The first kappa shape index (κ1) is 30.6. The summed E-state index contributed by atoms with van der Waals surface area (Å²) >= 11 is 4.24. The topological polar surface area (TPSA) is 154 Å². The average molecular weight is 621 g/mol. The number of allylic oxidation sites excluding steroid dienone is 1. The standard InChI is InChI=1S/C33H40N4O6S/c1-4-27(40)43-33(30(42)44)11-10-23-22-9-8-20-13-24-19(14-31(20,2)28(22)25(38)15-32(23,33)3)16-36-37(24)21-7-5-6-18(12-21)29(41)35-17-26(34)39/h5-7,12-13,16,22-23,25,28,38H,4,8-11,14-15,17H2,1-3H3,(H2,34,39)(H,35,41)(H,42,44)/t22-,23-,25-,28+,31-,32-,33-/m0/s1. The Labute approximate surface area is 262 Å². The summed E-state index contributed by atoms with van der Waals surface area (Å²) < 4.78 is 7.77.